The largest absolute Gasteiger partial charge is 0.472 e. The molecule has 3 N–H and O–H groups in total. The molecule has 0 aromatic carbocycles. The van der Waals surface area contributed by atoms with Crippen LogP contribution in [0.5, 0.6) is 0 Å². The number of aliphatic hydroxyl groups is 1. The maximum atomic E-state index is 11.9. The molecule has 2 atom stereocenters. The molecule has 0 spiro atoms. The number of hydrogen-bond acceptors (Lipinski definition) is 7. The van der Waals surface area contributed by atoms with E-state index in [1.165, 1.54) is 44.9 Å². The summed E-state index contributed by atoms with van der Waals surface area (Å²) in [5, 5.41) is 12.5. The van der Waals surface area contributed by atoms with E-state index in [-0.39, 0.29) is 32.1 Å². The number of carbonyl (C=O) groups excluding carboxylic acids is 2. The molecule has 9 nitrogen and oxygen atoms in total. The minimum atomic E-state index is -4.39. The Morgan fingerprint density at radius 3 is 1.74 bits per heavy atom. The molecule has 0 saturated heterocycles. The molecule has 1 amide bonds. The summed E-state index contributed by atoms with van der Waals surface area (Å²) < 4.78 is 26.5. The lowest BCUT2D eigenvalue weighted by Gasteiger charge is -2.15. The maximum absolute atomic E-state index is 11.9. The van der Waals surface area contributed by atoms with E-state index in [9.17, 15) is 24.2 Å². The lowest BCUT2D eigenvalue weighted by atomic mass is 10.1. The van der Waals surface area contributed by atoms with E-state index in [1.807, 2.05) is 6.92 Å². The quantitative estimate of drug-likeness (QED) is 0.0270. The Labute approximate surface area is 285 Å². The Bertz CT molecular complexity index is 918. The highest BCUT2D eigenvalue weighted by Gasteiger charge is 2.23. The Morgan fingerprint density at radius 2 is 1.15 bits per heavy atom. The van der Waals surface area contributed by atoms with Crippen molar-refractivity contribution in [1.29, 1.82) is 0 Å². The van der Waals surface area contributed by atoms with Crippen molar-refractivity contribution in [3.8, 4) is 0 Å². The van der Waals surface area contributed by atoms with Crippen LogP contribution in [0.25, 0.3) is 0 Å². The zero-order valence-corrected chi connectivity index (χ0v) is 30.4. The average molecular weight is 684 g/mol. The molecule has 47 heavy (non-hydrogen) atoms. The molecule has 0 saturated carbocycles. The van der Waals surface area contributed by atoms with Crippen LogP contribution in [0.15, 0.2) is 48.6 Å². The van der Waals surface area contributed by atoms with Gasteiger partial charge in [-0.3, -0.25) is 18.6 Å². The molecular formula is C37H66NO8P. The van der Waals surface area contributed by atoms with Crippen molar-refractivity contribution in [2.24, 2.45) is 0 Å². The number of phosphoric acid groups is 1. The topological polar surface area (TPSA) is 131 Å². The van der Waals surface area contributed by atoms with Gasteiger partial charge in [0.25, 0.3) is 0 Å². The Kier molecular flexibility index (Phi) is 32.4. The van der Waals surface area contributed by atoms with Crippen molar-refractivity contribution in [3.05, 3.63) is 48.6 Å². The van der Waals surface area contributed by atoms with E-state index in [0.29, 0.717) is 6.42 Å². The molecule has 10 heteroatoms. The standard InChI is InChI=1S/C37H66NO8P/c1-3-5-7-8-9-10-11-12-13-14-15-16-17-18-19-20-21-22-23-24-25-26-28-30-37(41)44-33-35(39)34-46-47(42,43)45-32-31-38-36(40)29-27-6-4-2/h9-10,12-13,15-16,18-19,35,39H,3-8,11,14,17,20-34H2,1-2H3,(H,38,40)(H,42,43)/b10-9-,13-12-,16-15-,19-18-. The van der Waals surface area contributed by atoms with Crippen LogP contribution in [0.4, 0.5) is 0 Å². The molecule has 272 valence electrons. The van der Waals surface area contributed by atoms with E-state index in [4.69, 9.17) is 13.8 Å². The predicted octanol–water partition coefficient (Wildman–Crippen LogP) is 9.21. The van der Waals surface area contributed by atoms with E-state index >= 15 is 0 Å². The van der Waals surface area contributed by atoms with Crippen molar-refractivity contribution >= 4 is 19.7 Å². The van der Waals surface area contributed by atoms with E-state index in [1.54, 1.807) is 0 Å². The summed E-state index contributed by atoms with van der Waals surface area (Å²) in [5.74, 6) is -0.557. The van der Waals surface area contributed by atoms with Gasteiger partial charge in [0.2, 0.25) is 5.91 Å². The summed E-state index contributed by atoms with van der Waals surface area (Å²) in [6, 6.07) is 0. The van der Waals surface area contributed by atoms with Gasteiger partial charge in [-0.2, -0.15) is 0 Å². The van der Waals surface area contributed by atoms with Crippen LogP contribution in [-0.4, -0.2) is 54.3 Å². The van der Waals surface area contributed by atoms with Gasteiger partial charge in [-0.1, -0.05) is 120 Å². The number of carbonyl (C=O) groups is 2. The van der Waals surface area contributed by atoms with Gasteiger partial charge in [0, 0.05) is 19.4 Å². The third kappa shape index (κ3) is 35.1. The van der Waals surface area contributed by atoms with E-state index in [2.05, 4.69) is 60.8 Å². The monoisotopic (exact) mass is 683 g/mol. The van der Waals surface area contributed by atoms with Gasteiger partial charge < -0.3 is 20.1 Å². The molecule has 0 aliphatic heterocycles. The molecule has 0 aliphatic rings. The lowest BCUT2D eigenvalue weighted by molar-refractivity contribution is -0.147. The number of hydrogen-bond donors (Lipinski definition) is 3. The van der Waals surface area contributed by atoms with E-state index in [0.717, 1.165) is 70.6 Å². The Balaban J connectivity index is 3.61. The summed E-state index contributed by atoms with van der Waals surface area (Å²) in [6.45, 7) is 3.31. The zero-order chi connectivity index (χ0) is 34.7. The molecule has 0 aromatic rings. The average Bonchev–Trinajstić information content (AvgIpc) is 3.05. The van der Waals surface area contributed by atoms with Gasteiger partial charge in [-0.25, -0.2) is 4.57 Å². The number of esters is 1. The summed E-state index contributed by atoms with van der Waals surface area (Å²) >= 11 is 0. The number of unbranched alkanes of at least 4 members (excludes halogenated alkanes) is 12. The highest BCUT2D eigenvalue weighted by Crippen LogP contribution is 2.42. The van der Waals surface area contributed by atoms with Crippen LogP contribution in [-0.2, 0) is 27.9 Å². The van der Waals surface area contributed by atoms with Crippen molar-refractivity contribution in [2.75, 3.05) is 26.4 Å². The second kappa shape index (κ2) is 33.9. The van der Waals surface area contributed by atoms with Gasteiger partial charge in [0.15, 0.2) is 0 Å². The van der Waals surface area contributed by atoms with Crippen LogP contribution in [0.3, 0.4) is 0 Å². The smallest absolute Gasteiger partial charge is 0.463 e. The molecule has 0 fully saturated rings. The highest BCUT2D eigenvalue weighted by atomic mass is 31.2. The molecule has 0 rings (SSSR count). The molecular weight excluding hydrogens is 617 g/mol. The summed E-state index contributed by atoms with van der Waals surface area (Å²) in [4.78, 5) is 33.2. The summed E-state index contributed by atoms with van der Waals surface area (Å²) in [7, 11) is -4.39. The highest BCUT2D eigenvalue weighted by molar-refractivity contribution is 7.47. The lowest BCUT2D eigenvalue weighted by Crippen LogP contribution is -2.27. The molecule has 0 bridgehead atoms. The summed E-state index contributed by atoms with van der Waals surface area (Å²) in [5.41, 5.74) is 0. The van der Waals surface area contributed by atoms with Crippen LogP contribution >= 0.6 is 7.82 Å². The number of phosphoric ester groups is 1. The van der Waals surface area contributed by atoms with Gasteiger partial charge in [-0.05, 0) is 57.8 Å². The Hall–Kier alpha value is -2.03. The summed E-state index contributed by atoms with van der Waals surface area (Å²) in [6.07, 6.45) is 36.9. The first-order valence-electron chi connectivity index (χ1n) is 18.1. The van der Waals surface area contributed by atoms with Crippen LogP contribution in [0, 0.1) is 0 Å². The SMILES string of the molecule is CCCCC/C=C\C/C=C\C/C=C\C/C=C\CCCCCCCCCC(=O)OCC(O)COP(=O)(O)OCCNC(=O)CCCCC. The van der Waals surface area contributed by atoms with Crippen LogP contribution < -0.4 is 5.32 Å². The second-order valence-electron chi connectivity index (χ2n) is 11.8. The minimum absolute atomic E-state index is 0.0752. The fourth-order valence-electron chi connectivity index (χ4n) is 4.48. The first-order chi connectivity index (χ1) is 22.8. The van der Waals surface area contributed by atoms with Gasteiger partial charge in [-0.15, -0.1) is 0 Å². The van der Waals surface area contributed by atoms with Crippen molar-refractivity contribution in [1.82, 2.24) is 5.32 Å². The molecule has 2 unspecified atom stereocenters. The van der Waals surface area contributed by atoms with Crippen molar-refractivity contribution < 1.29 is 37.9 Å². The minimum Gasteiger partial charge on any atom is -0.463 e. The number of allylic oxidation sites excluding steroid dienone is 8. The second-order valence-corrected chi connectivity index (χ2v) is 13.3. The van der Waals surface area contributed by atoms with Gasteiger partial charge >= 0.3 is 13.8 Å². The number of aliphatic hydroxyl groups excluding tert-OH is 1. The fourth-order valence-corrected chi connectivity index (χ4v) is 5.24. The van der Waals surface area contributed by atoms with E-state index < -0.39 is 26.5 Å². The van der Waals surface area contributed by atoms with Gasteiger partial charge in [0.05, 0.1) is 13.2 Å². The molecule has 0 aromatic heterocycles. The first-order valence-corrected chi connectivity index (χ1v) is 19.6. The number of rotatable bonds is 33. The zero-order valence-electron chi connectivity index (χ0n) is 29.5. The van der Waals surface area contributed by atoms with Crippen molar-refractivity contribution in [2.45, 2.75) is 148 Å². The number of ether oxygens (including phenoxy) is 1. The number of amides is 1. The van der Waals surface area contributed by atoms with Crippen LogP contribution in [0.2, 0.25) is 0 Å². The molecule has 0 radical (unpaired) electrons. The normalized spacial score (nSPS) is 14.0. The van der Waals surface area contributed by atoms with Gasteiger partial charge in [0.1, 0.15) is 12.7 Å². The Morgan fingerprint density at radius 1 is 0.660 bits per heavy atom. The molecule has 0 aliphatic carbocycles. The fraction of sp³-hybridized carbons (Fsp3) is 0.730. The predicted molar refractivity (Wildman–Crippen MR) is 192 cm³/mol. The third-order valence-corrected chi connectivity index (χ3v) is 8.25. The maximum Gasteiger partial charge on any atom is 0.472 e. The van der Waals surface area contributed by atoms with Crippen molar-refractivity contribution in [3.63, 3.8) is 0 Å². The van der Waals surface area contributed by atoms with Crippen LogP contribution in [0.1, 0.15) is 142 Å². The first kappa shape index (κ1) is 45.0. The molecule has 0 heterocycles. The number of nitrogens with one attached hydrogen (secondary N) is 1. The third-order valence-electron chi connectivity index (χ3n) is 7.26.